The van der Waals surface area contributed by atoms with E-state index in [-0.39, 0.29) is 11.9 Å². The molecule has 3 aromatic rings. The summed E-state index contributed by atoms with van der Waals surface area (Å²) in [5.74, 6) is 0.521. The molecule has 1 saturated heterocycles. The topological polar surface area (TPSA) is 106 Å². The molecule has 2 fully saturated rings. The zero-order valence-electron chi connectivity index (χ0n) is 20.7. The van der Waals surface area contributed by atoms with Crippen molar-refractivity contribution in [3.63, 3.8) is 0 Å². The van der Waals surface area contributed by atoms with Gasteiger partial charge in [-0.15, -0.1) is 11.3 Å². The summed E-state index contributed by atoms with van der Waals surface area (Å²) < 4.78 is 6.26. The minimum atomic E-state index is -0.877. The second-order valence-corrected chi connectivity index (χ2v) is 11.8. The molecule has 1 aliphatic carbocycles. The first-order chi connectivity index (χ1) is 17.9. The minimum Gasteiger partial charge on any atom is -0.493 e. The number of rotatable bonds is 4. The fourth-order valence-electron chi connectivity index (χ4n) is 5.83. The number of halogens is 1. The first kappa shape index (κ1) is 25.9. The van der Waals surface area contributed by atoms with Gasteiger partial charge in [0.25, 0.3) is 5.91 Å². The molecule has 0 radical (unpaired) electrons. The van der Waals surface area contributed by atoms with Crippen LogP contribution >= 0.6 is 27.3 Å². The van der Waals surface area contributed by atoms with Crippen molar-refractivity contribution in [1.29, 1.82) is 0 Å². The number of ether oxygens (including phenoxy) is 1. The number of carboxylic acids is 1. The number of aryl methyl sites for hydroxylation is 1. The molecule has 2 aliphatic heterocycles. The third-order valence-corrected chi connectivity index (χ3v) is 9.02. The van der Waals surface area contributed by atoms with E-state index in [2.05, 4.69) is 25.8 Å². The number of carboxylic acid groups (broad SMARTS) is 1. The van der Waals surface area contributed by atoms with E-state index in [1.165, 1.54) is 12.8 Å². The van der Waals surface area contributed by atoms with Crippen LogP contribution in [0.15, 0.2) is 46.9 Å². The first-order valence-corrected chi connectivity index (χ1v) is 14.2. The third kappa shape index (κ3) is 5.17. The Kier molecular flexibility index (Phi) is 7.65. The number of benzene rings is 2. The lowest BCUT2D eigenvalue weighted by molar-refractivity contribution is 0.0658. The maximum absolute atomic E-state index is 13.4. The van der Waals surface area contributed by atoms with Crippen molar-refractivity contribution < 1.29 is 19.4 Å². The van der Waals surface area contributed by atoms with Crippen LogP contribution in [-0.4, -0.2) is 52.1 Å². The predicted molar refractivity (Wildman–Crippen MR) is 147 cm³/mol. The molecule has 2 aromatic carbocycles. The van der Waals surface area contributed by atoms with Gasteiger partial charge in [0.1, 0.15) is 11.4 Å². The highest BCUT2D eigenvalue weighted by molar-refractivity contribution is 9.10. The molecule has 3 N–H and O–H groups in total. The number of hydrogen-bond acceptors (Lipinski definition) is 6. The molecule has 37 heavy (non-hydrogen) atoms. The molecule has 0 spiro atoms. The second kappa shape index (κ2) is 10.9. The van der Waals surface area contributed by atoms with Crippen LogP contribution in [0.5, 0.6) is 5.75 Å². The minimum absolute atomic E-state index is 0.0621. The predicted octanol–water partition coefficient (Wildman–Crippen LogP) is 5.54. The van der Waals surface area contributed by atoms with E-state index in [1.807, 2.05) is 31.2 Å². The maximum Gasteiger partial charge on any atom is 0.336 e. The van der Waals surface area contributed by atoms with Gasteiger partial charge in [-0.1, -0.05) is 40.5 Å². The third-order valence-electron chi connectivity index (χ3n) is 7.47. The molecule has 3 heterocycles. The smallest absolute Gasteiger partial charge is 0.336 e. The van der Waals surface area contributed by atoms with Gasteiger partial charge in [0, 0.05) is 35.1 Å². The Morgan fingerprint density at radius 1 is 1.22 bits per heavy atom. The van der Waals surface area contributed by atoms with Crippen LogP contribution in [0.1, 0.15) is 57.1 Å². The van der Waals surface area contributed by atoms with Crippen LogP contribution in [0.25, 0.3) is 10.4 Å². The molecule has 1 aromatic heterocycles. The first-order valence-electron chi connectivity index (χ1n) is 12.6. The van der Waals surface area contributed by atoms with Crippen LogP contribution in [0, 0.1) is 12.8 Å². The molecule has 3 atom stereocenters. The Balaban J connectivity index is 0.000000195. The SMILES string of the molecule is Cc1nc(C(=O)N2[C@H](CN)C[C@@H]3CCC[C@@H]32)c(-c2ccc(Br)cc2)s1.O=C(O)c1cccc2c1CCO2. The normalized spacial score (nSPS) is 21.6. The van der Waals surface area contributed by atoms with Gasteiger partial charge in [-0.05, 0) is 61.9 Å². The Bertz CT molecular complexity index is 1310. The van der Waals surface area contributed by atoms with Crippen LogP contribution in [0.2, 0.25) is 0 Å². The number of nitrogens with two attached hydrogens (primary N) is 1. The number of fused-ring (bicyclic) bond motifs is 2. The molecular weight excluding hydrogens is 554 g/mol. The van der Waals surface area contributed by atoms with E-state index in [1.54, 1.807) is 29.5 Å². The molecule has 9 heteroatoms. The van der Waals surface area contributed by atoms with E-state index in [0.717, 1.165) is 44.1 Å². The van der Waals surface area contributed by atoms with Crippen molar-refractivity contribution in [3.8, 4) is 16.2 Å². The average molecular weight is 585 g/mol. The number of amides is 1. The molecule has 6 rings (SSSR count). The lowest BCUT2D eigenvalue weighted by Gasteiger charge is -2.29. The zero-order chi connectivity index (χ0) is 26.1. The molecule has 194 valence electrons. The van der Waals surface area contributed by atoms with Gasteiger partial charge in [-0.2, -0.15) is 0 Å². The Hall–Kier alpha value is -2.75. The average Bonchev–Trinajstić information content (AvgIpc) is 3.67. The van der Waals surface area contributed by atoms with E-state index in [0.29, 0.717) is 42.8 Å². The van der Waals surface area contributed by atoms with Crippen molar-refractivity contribution in [2.24, 2.45) is 11.7 Å². The van der Waals surface area contributed by atoms with E-state index >= 15 is 0 Å². The number of aromatic nitrogens is 1. The molecule has 7 nitrogen and oxygen atoms in total. The highest BCUT2D eigenvalue weighted by Crippen LogP contribution is 2.43. The van der Waals surface area contributed by atoms with E-state index in [4.69, 9.17) is 15.6 Å². The number of nitrogens with zero attached hydrogens (tertiary/aromatic N) is 2. The number of carbonyl (C=O) groups is 2. The van der Waals surface area contributed by atoms with Gasteiger partial charge < -0.3 is 20.5 Å². The van der Waals surface area contributed by atoms with Crippen molar-refractivity contribution in [1.82, 2.24) is 9.88 Å². The Morgan fingerprint density at radius 2 is 2.00 bits per heavy atom. The molecule has 0 unspecified atom stereocenters. The van der Waals surface area contributed by atoms with Crippen LogP contribution in [-0.2, 0) is 6.42 Å². The van der Waals surface area contributed by atoms with Gasteiger partial charge in [-0.3, -0.25) is 4.79 Å². The molecule has 0 bridgehead atoms. The molecular formula is C28H30BrN3O4S. The maximum atomic E-state index is 13.4. The van der Waals surface area contributed by atoms with Crippen molar-refractivity contribution in [2.75, 3.05) is 13.2 Å². The van der Waals surface area contributed by atoms with Crippen LogP contribution < -0.4 is 10.5 Å². The zero-order valence-corrected chi connectivity index (χ0v) is 23.1. The van der Waals surface area contributed by atoms with Gasteiger partial charge in [0.2, 0.25) is 0 Å². The fourth-order valence-corrected chi connectivity index (χ4v) is 7.01. The summed E-state index contributed by atoms with van der Waals surface area (Å²) in [5, 5.41) is 9.72. The van der Waals surface area contributed by atoms with E-state index in [9.17, 15) is 9.59 Å². The summed E-state index contributed by atoms with van der Waals surface area (Å²) in [7, 11) is 0. The van der Waals surface area contributed by atoms with Crippen LogP contribution in [0.4, 0.5) is 0 Å². The largest absolute Gasteiger partial charge is 0.493 e. The summed E-state index contributed by atoms with van der Waals surface area (Å²) >= 11 is 5.06. The Labute approximate surface area is 228 Å². The highest BCUT2D eigenvalue weighted by atomic mass is 79.9. The summed E-state index contributed by atoms with van der Waals surface area (Å²) in [6.45, 7) is 3.10. The lowest BCUT2D eigenvalue weighted by atomic mass is 10.0. The van der Waals surface area contributed by atoms with Gasteiger partial charge >= 0.3 is 5.97 Å². The number of thiazole rings is 1. The van der Waals surface area contributed by atoms with Crippen LogP contribution in [0.3, 0.4) is 0 Å². The van der Waals surface area contributed by atoms with Crippen molar-refractivity contribution in [2.45, 2.75) is 51.1 Å². The van der Waals surface area contributed by atoms with E-state index < -0.39 is 5.97 Å². The second-order valence-electron chi connectivity index (χ2n) is 9.70. The van der Waals surface area contributed by atoms with Gasteiger partial charge in [0.05, 0.1) is 22.1 Å². The lowest BCUT2D eigenvalue weighted by Crippen LogP contribution is -2.44. The summed E-state index contributed by atoms with van der Waals surface area (Å²) in [6.07, 6.45) is 5.29. The van der Waals surface area contributed by atoms with Gasteiger partial charge in [0.15, 0.2) is 0 Å². The van der Waals surface area contributed by atoms with Gasteiger partial charge in [-0.25, -0.2) is 9.78 Å². The molecule has 1 amide bonds. The highest BCUT2D eigenvalue weighted by Gasteiger charge is 2.46. The quantitative estimate of drug-likeness (QED) is 0.417. The molecule has 1 saturated carbocycles. The molecule has 3 aliphatic rings. The van der Waals surface area contributed by atoms with Crippen molar-refractivity contribution in [3.05, 3.63) is 68.8 Å². The van der Waals surface area contributed by atoms with Crippen molar-refractivity contribution >= 4 is 39.1 Å². The Morgan fingerprint density at radius 3 is 2.73 bits per heavy atom. The number of carbonyl (C=O) groups excluding carboxylic acids is 1. The standard InChI is InChI=1S/C19H22BrN3OS.C9H8O3/c1-11-22-17(18(25-11)12-5-7-14(20)8-6-12)19(24)23-15(10-21)9-13-3-2-4-16(13)23;10-9(11)7-2-1-3-8-6(7)4-5-12-8/h5-8,13,15-16H,2-4,9-10,21H2,1H3;1-3H,4-5H2,(H,10,11)/t13-,15-,16-;/m0./s1. The monoisotopic (exact) mass is 583 g/mol. The number of hydrogen-bond donors (Lipinski definition) is 2. The summed E-state index contributed by atoms with van der Waals surface area (Å²) in [5.41, 5.74) is 8.83. The number of likely N-dealkylation sites (tertiary alicyclic amines) is 1. The number of aromatic carboxylic acids is 1. The summed E-state index contributed by atoms with van der Waals surface area (Å²) in [4.78, 5) is 31.8. The fraction of sp³-hybridized carbons (Fsp3) is 0.393. The summed E-state index contributed by atoms with van der Waals surface area (Å²) in [6, 6.07) is 13.7.